The molecule has 0 atom stereocenters. The fourth-order valence-electron chi connectivity index (χ4n) is 2.00. The third-order valence-electron chi connectivity index (χ3n) is 2.94. The first-order chi connectivity index (χ1) is 9.30. The Hall–Kier alpha value is -1.68. The number of aldehydes is 1. The van der Waals surface area contributed by atoms with Crippen LogP contribution in [0.3, 0.4) is 0 Å². The van der Waals surface area contributed by atoms with E-state index >= 15 is 0 Å². The Morgan fingerprint density at radius 1 is 1.26 bits per heavy atom. The summed E-state index contributed by atoms with van der Waals surface area (Å²) in [7, 11) is 0. The largest absolute Gasteiger partial charge is 0.348 e. The van der Waals surface area contributed by atoms with Gasteiger partial charge < -0.3 is 4.90 Å². The zero-order chi connectivity index (χ0) is 13.7. The monoisotopic (exact) mass is 274 g/mol. The lowest BCUT2D eigenvalue weighted by molar-refractivity contribution is 0.112. The van der Waals surface area contributed by atoms with Crippen LogP contribution in [0, 0.1) is 0 Å². The van der Waals surface area contributed by atoms with Crippen LogP contribution in [0.1, 0.15) is 29.9 Å². The van der Waals surface area contributed by atoms with Gasteiger partial charge in [0.2, 0.25) is 0 Å². The second kappa shape index (κ2) is 6.48. The molecule has 0 unspecified atom stereocenters. The summed E-state index contributed by atoms with van der Waals surface area (Å²) in [5.74, 6) is 0. The van der Waals surface area contributed by atoms with Crippen LogP contribution in [-0.2, 0) is 0 Å². The van der Waals surface area contributed by atoms with E-state index in [-0.39, 0.29) is 0 Å². The van der Waals surface area contributed by atoms with Crippen molar-refractivity contribution in [1.82, 2.24) is 4.98 Å². The average molecular weight is 274 g/mol. The maximum absolute atomic E-state index is 11.2. The number of thiazole rings is 1. The van der Waals surface area contributed by atoms with Gasteiger partial charge in [-0.2, -0.15) is 0 Å². The molecule has 0 N–H and O–H groups in total. The fraction of sp³-hybridized carbons (Fsp3) is 0.333. The summed E-state index contributed by atoms with van der Waals surface area (Å²) in [5, 5.41) is 0.935. The number of hydrogen-bond donors (Lipinski definition) is 0. The highest BCUT2D eigenvalue weighted by atomic mass is 32.1. The van der Waals surface area contributed by atoms with Crippen molar-refractivity contribution >= 4 is 22.8 Å². The molecule has 1 heterocycles. The third kappa shape index (κ3) is 3.01. The van der Waals surface area contributed by atoms with E-state index in [0.717, 1.165) is 42.2 Å². The van der Waals surface area contributed by atoms with E-state index in [4.69, 9.17) is 0 Å². The highest BCUT2D eigenvalue weighted by Crippen LogP contribution is 2.31. The molecule has 2 rings (SSSR count). The summed E-state index contributed by atoms with van der Waals surface area (Å²) in [5.41, 5.74) is 1.80. The minimum Gasteiger partial charge on any atom is -0.348 e. The van der Waals surface area contributed by atoms with Gasteiger partial charge in [-0.15, -0.1) is 0 Å². The lowest BCUT2D eigenvalue weighted by Gasteiger charge is -2.18. The van der Waals surface area contributed by atoms with Crippen LogP contribution < -0.4 is 4.90 Å². The lowest BCUT2D eigenvalue weighted by Crippen LogP contribution is -2.23. The zero-order valence-electron chi connectivity index (χ0n) is 11.3. The van der Waals surface area contributed by atoms with Crippen LogP contribution in [0.15, 0.2) is 30.3 Å². The predicted octanol–water partition coefficient (Wildman–Crippen LogP) is 3.86. The Balaban J connectivity index is 2.40. The molecule has 4 heteroatoms. The molecule has 0 spiro atoms. The number of carbonyl (C=O) groups excluding carboxylic acids is 1. The van der Waals surface area contributed by atoms with Crippen molar-refractivity contribution in [1.29, 1.82) is 0 Å². The van der Waals surface area contributed by atoms with E-state index in [1.54, 1.807) is 0 Å². The van der Waals surface area contributed by atoms with Gasteiger partial charge in [0, 0.05) is 18.7 Å². The number of carbonyl (C=O) groups is 1. The van der Waals surface area contributed by atoms with Gasteiger partial charge in [-0.1, -0.05) is 48.6 Å². The lowest BCUT2D eigenvalue weighted by atomic mass is 10.1. The smallest absolute Gasteiger partial charge is 0.186 e. The number of aromatic nitrogens is 1. The summed E-state index contributed by atoms with van der Waals surface area (Å²) < 4.78 is 0. The van der Waals surface area contributed by atoms with Crippen LogP contribution in [-0.4, -0.2) is 24.4 Å². The molecule has 0 amide bonds. The van der Waals surface area contributed by atoms with Crippen molar-refractivity contribution in [3.63, 3.8) is 0 Å². The van der Waals surface area contributed by atoms with Gasteiger partial charge in [-0.3, -0.25) is 4.79 Å². The molecule has 0 aliphatic rings. The van der Waals surface area contributed by atoms with Gasteiger partial charge >= 0.3 is 0 Å². The maximum atomic E-state index is 11.2. The van der Waals surface area contributed by atoms with E-state index in [9.17, 15) is 4.79 Å². The molecule has 0 fully saturated rings. The number of hydrogen-bond acceptors (Lipinski definition) is 4. The van der Waals surface area contributed by atoms with E-state index in [1.807, 2.05) is 30.3 Å². The molecule has 1 aromatic heterocycles. The molecule has 19 heavy (non-hydrogen) atoms. The summed E-state index contributed by atoms with van der Waals surface area (Å²) in [4.78, 5) is 18.8. The first-order valence-corrected chi connectivity index (χ1v) is 7.38. The van der Waals surface area contributed by atoms with Crippen molar-refractivity contribution in [2.45, 2.75) is 20.3 Å². The zero-order valence-corrected chi connectivity index (χ0v) is 12.1. The molecular weight excluding hydrogens is 256 g/mol. The molecule has 1 aromatic carbocycles. The second-order valence-corrected chi connectivity index (χ2v) is 5.28. The van der Waals surface area contributed by atoms with Gasteiger partial charge in [-0.05, 0) is 13.3 Å². The van der Waals surface area contributed by atoms with Crippen LogP contribution in [0.25, 0.3) is 11.3 Å². The van der Waals surface area contributed by atoms with Gasteiger partial charge in [0.1, 0.15) is 0 Å². The number of benzene rings is 1. The molecule has 0 aliphatic heterocycles. The van der Waals surface area contributed by atoms with E-state index in [1.165, 1.54) is 11.3 Å². The van der Waals surface area contributed by atoms with Crippen molar-refractivity contribution in [2.75, 3.05) is 18.0 Å². The SMILES string of the molecule is CCCN(CC)c1nc(-c2ccccc2)c(C=O)s1. The molecule has 0 radical (unpaired) electrons. The first kappa shape index (κ1) is 13.7. The third-order valence-corrected chi connectivity index (χ3v) is 3.98. The predicted molar refractivity (Wildman–Crippen MR) is 81.1 cm³/mol. The summed E-state index contributed by atoms with van der Waals surface area (Å²) in [6.07, 6.45) is 1.98. The number of anilines is 1. The van der Waals surface area contributed by atoms with Crippen molar-refractivity contribution < 1.29 is 4.79 Å². The molecule has 0 bridgehead atoms. The van der Waals surface area contributed by atoms with E-state index < -0.39 is 0 Å². The quantitative estimate of drug-likeness (QED) is 0.750. The van der Waals surface area contributed by atoms with Crippen LogP contribution >= 0.6 is 11.3 Å². The fourth-order valence-corrected chi connectivity index (χ4v) is 2.99. The Bertz CT molecular complexity index is 536. The Morgan fingerprint density at radius 2 is 2.00 bits per heavy atom. The highest BCUT2D eigenvalue weighted by Gasteiger charge is 2.15. The average Bonchev–Trinajstić information content (AvgIpc) is 2.89. The molecule has 2 aromatic rings. The molecule has 3 nitrogen and oxygen atoms in total. The summed E-state index contributed by atoms with van der Waals surface area (Å²) >= 11 is 1.47. The highest BCUT2D eigenvalue weighted by molar-refractivity contribution is 7.17. The molecule has 0 aliphatic carbocycles. The Kier molecular flexibility index (Phi) is 4.68. The second-order valence-electron chi connectivity index (χ2n) is 4.27. The molecule has 100 valence electrons. The minimum absolute atomic E-state index is 0.704. The van der Waals surface area contributed by atoms with E-state index in [2.05, 4.69) is 23.7 Å². The topological polar surface area (TPSA) is 33.2 Å². The Morgan fingerprint density at radius 3 is 2.58 bits per heavy atom. The molecule has 0 saturated carbocycles. The van der Waals surface area contributed by atoms with E-state index in [0.29, 0.717) is 4.88 Å². The normalized spacial score (nSPS) is 10.4. The van der Waals surface area contributed by atoms with Gasteiger partial charge in [0.25, 0.3) is 0 Å². The summed E-state index contributed by atoms with van der Waals surface area (Å²) in [6, 6.07) is 9.87. The number of nitrogens with zero attached hydrogens (tertiary/aromatic N) is 2. The molecular formula is C15H18N2OS. The standard InChI is InChI=1S/C15H18N2OS/c1-3-10-17(4-2)15-16-14(13(11-18)19-15)12-8-6-5-7-9-12/h5-9,11H,3-4,10H2,1-2H3. The Labute approximate surface area is 117 Å². The van der Waals surface area contributed by atoms with Crippen LogP contribution in [0.4, 0.5) is 5.13 Å². The van der Waals surface area contributed by atoms with Crippen LogP contribution in [0.5, 0.6) is 0 Å². The first-order valence-electron chi connectivity index (χ1n) is 6.56. The van der Waals surface area contributed by atoms with Crippen LogP contribution in [0.2, 0.25) is 0 Å². The molecule has 0 saturated heterocycles. The summed E-state index contributed by atoms with van der Waals surface area (Å²) in [6.45, 7) is 6.14. The minimum atomic E-state index is 0.704. The van der Waals surface area contributed by atoms with Gasteiger partial charge in [-0.25, -0.2) is 4.98 Å². The maximum Gasteiger partial charge on any atom is 0.186 e. The van der Waals surface area contributed by atoms with Gasteiger partial charge in [0.05, 0.1) is 10.6 Å². The number of rotatable bonds is 6. The van der Waals surface area contributed by atoms with Crippen molar-refractivity contribution in [2.24, 2.45) is 0 Å². The van der Waals surface area contributed by atoms with Crippen molar-refractivity contribution in [3.8, 4) is 11.3 Å². The van der Waals surface area contributed by atoms with Gasteiger partial charge in [0.15, 0.2) is 11.4 Å². The van der Waals surface area contributed by atoms with Crippen molar-refractivity contribution in [3.05, 3.63) is 35.2 Å².